The zero-order valence-corrected chi connectivity index (χ0v) is 9.47. The van der Waals surface area contributed by atoms with Crippen LogP contribution in [0.15, 0.2) is 12.2 Å². The molecule has 0 saturated carbocycles. The van der Waals surface area contributed by atoms with Crippen LogP contribution < -0.4 is 0 Å². The van der Waals surface area contributed by atoms with Gasteiger partial charge in [-0.1, -0.05) is 19.4 Å². The van der Waals surface area contributed by atoms with Crippen LogP contribution in [0.3, 0.4) is 0 Å². The molecule has 2 nitrogen and oxygen atoms in total. The van der Waals surface area contributed by atoms with Crippen molar-refractivity contribution in [2.24, 2.45) is 0 Å². The van der Waals surface area contributed by atoms with Gasteiger partial charge in [0.25, 0.3) is 0 Å². The van der Waals surface area contributed by atoms with E-state index in [1.807, 2.05) is 0 Å². The number of hydrogen-bond acceptors (Lipinski definition) is 2. The topological polar surface area (TPSA) is 23.5 Å². The summed E-state index contributed by atoms with van der Waals surface area (Å²) in [6, 6.07) is 0.317. The Morgan fingerprint density at radius 1 is 1.43 bits per heavy atom. The minimum Gasteiger partial charge on any atom is -0.395 e. The minimum atomic E-state index is 0.259. The lowest BCUT2D eigenvalue weighted by atomic mass is 10.1. The van der Waals surface area contributed by atoms with E-state index in [4.69, 9.17) is 11.6 Å². The van der Waals surface area contributed by atoms with Gasteiger partial charge in [0, 0.05) is 18.5 Å². The monoisotopic (exact) mass is 217 g/mol. The van der Waals surface area contributed by atoms with Crippen LogP contribution >= 0.6 is 11.6 Å². The maximum absolute atomic E-state index is 9.27. The molecule has 0 aromatic heterocycles. The normalized spacial score (nSPS) is 24.6. The summed E-state index contributed by atoms with van der Waals surface area (Å²) in [6.07, 6.45) is 4.84. The van der Waals surface area contributed by atoms with Crippen molar-refractivity contribution in [1.82, 2.24) is 4.90 Å². The van der Waals surface area contributed by atoms with E-state index in [0.717, 1.165) is 25.1 Å². The molecule has 1 atom stereocenters. The maximum Gasteiger partial charge on any atom is 0.0586 e. The first-order valence-corrected chi connectivity index (χ1v) is 5.89. The van der Waals surface area contributed by atoms with E-state index in [9.17, 15) is 5.11 Å². The molecule has 0 aliphatic carbocycles. The van der Waals surface area contributed by atoms with Crippen molar-refractivity contribution in [1.29, 1.82) is 0 Å². The van der Waals surface area contributed by atoms with Gasteiger partial charge in [-0.2, -0.15) is 0 Å². The maximum atomic E-state index is 9.27. The summed E-state index contributed by atoms with van der Waals surface area (Å²) in [6.45, 7) is 6.08. The van der Waals surface area contributed by atoms with Gasteiger partial charge < -0.3 is 5.11 Å². The number of likely N-dealkylation sites (tertiary alicyclic amines) is 1. The highest BCUT2D eigenvalue weighted by atomic mass is 35.5. The Balaban J connectivity index is 2.47. The first-order chi connectivity index (χ1) is 6.77. The molecular formula is C11H20ClNO. The second-order valence-electron chi connectivity index (χ2n) is 4.04. The van der Waals surface area contributed by atoms with Crippen molar-refractivity contribution in [2.45, 2.75) is 31.7 Å². The molecule has 0 radical (unpaired) electrons. The number of aliphatic hydroxyl groups excluding tert-OH is 1. The average molecular weight is 218 g/mol. The fraction of sp³-hybridized carbons (Fsp3) is 0.818. The highest BCUT2D eigenvalue weighted by Gasteiger charge is 2.20. The third kappa shape index (κ3) is 3.60. The Labute approximate surface area is 91.6 Å². The molecule has 1 heterocycles. The quantitative estimate of drug-likeness (QED) is 0.576. The van der Waals surface area contributed by atoms with Crippen LogP contribution in [-0.4, -0.2) is 41.6 Å². The summed E-state index contributed by atoms with van der Waals surface area (Å²) in [4.78, 5) is 2.32. The summed E-state index contributed by atoms with van der Waals surface area (Å²) < 4.78 is 0. The Kier molecular flexibility index (Phi) is 5.53. The predicted molar refractivity (Wildman–Crippen MR) is 60.8 cm³/mol. The number of hydrogen-bond donors (Lipinski definition) is 1. The van der Waals surface area contributed by atoms with Gasteiger partial charge in [0.15, 0.2) is 0 Å². The molecule has 0 bridgehead atoms. The van der Waals surface area contributed by atoms with E-state index in [2.05, 4.69) is 11.5 Å². The lowest BCUT2D eigenvalue weighted by Crippen LogP contribution is -2.38. The number of aliphatic hydroxyl groups is 1. The van der Waals surface area contributed by atoms with Crippen molar-refractivity contribution >= 4 is 11.6 Å². The molecule has 1 unspecified atom stereocenters. The van der Waals surface area contributed by atoms with E-state index >= 15 is 0 Å². The zero-order valence-electron chi connectivity index (χ0n) is 8.71. The van der Waals surface area contributed by atoms with Gasteiger partial charge in [0.1, 0.15) is 0 Å². The molecule has 0 amide bonds. The highest BCUT2D eigenvalue weighted by Crippen LogP contribution is 2.17. The summed E-state index contributed by atoms with van der Waals surface area (Å²) >= 11 is 5.71. The van der Waals surface area contributed by atoms with Gasteiger partial charge in [0.05, 0.1) is 6.61 Å². The van der Waals surface area contributed by atoms with Gasteiger partial charge in [-0.3, -0.25) is 4.90 Å². The molecule has 1 saturated heterocycles. The minimum absolute atomic E-state index is 0.259. The molecule has 0 aromatic rings. The van der Waals surface area contributed by atoms with Crippen LogP contribution in [0.25, 0.3) is 0 Å². The molecule has 3 heteroatoms. The molecule has 1 fully saturated rings. The lowest BCUT2D eigenvalue weighted by Gasteiger charge is -2.28. The summed E-state index contributed by atoms with van der Waals surface area (Å²) in [5.74, 6) is 0.522. The van der Waals surface area contributed by atoms with E-state index in [0.29, 0.717) is 11.9 Å². The first kappa shape index (κ1) is 12.0. The molecule has 0 spiro atoms. The first-order valence-electron chi connectivity index (χ1n) is 5.35. The van der Waals surface area contributed by atoms with Crippen molar-refractivity contribution < 1.29 is 5.11 Å². The fourth-order valence-corrected chi connectivity index (χ4v) is 2.07. The molecule has 1 N–H and O–H groups in total. The number of nitrogens with zero attached hydrogens (tertiary/aromatic N) is 1. The van der Waals surface area contributed by atoms with Crippen LogP contribution in [0.2, 0.25) is 0 Å². The Morgan fingerprint density at radius 2 is 2.21 bits per heavy atom. The van der Waals surface area contributed by atoms with E-state index in [1.54, 1.807) is 0 Å². The predicted octanol–water partition coefficient (Wildman–Crippen LogP) is 2.02. The van der Waals surface area contributed by atoms with E-state index in [1.165, 1.54) is 19.3 Å². The van der Waals surface area contributed by atoms with Crippen molar-refractivity contribution in [2.75, 3.05) is 25.6 Å². The number of rotatable bonds is 4. The number of halogens is 1. The van der Waals surface area contributed by atoms with Crippen LogP contribution in [0.1, 0.15) is 25.7 Å². The van der Waals surface area contributed by atoms with Crippen LogP contribution in [-0.2, 0) is 0 Å². The lowest BCUT2D eigenvalue weighted by molar-refractivity contribution is 0.133. The Hall–Kier alpha value is -0.0500. The highest BCUT2D eigenvalue weighted by molar-refractivity contribution is 6.19. The molecular weight excluding hydrogens is 198 g/mol. The van der Waals surface area contributed by atoms with Crippen LogP contribution in [0.5, 0.6) is 0 Å². The Morgan fingerprint density at radius 3 is 2.86 bits per heavy atom. The molecule has 1 aliphatic rings. The van der Waals surface area contributed by atoms with Crippen LogP contribution in [0.4, 0.5) is 0 Å². The SMILES string of the molecule is C=C(CCl)CN1CCCCCC1CO. The third-order valence-electron chi connectivity index (χ3n) is 2.83. The van der Waals surface area contributed by atoms with Gasteiger partial charge in [-0.05, 0) is 25.0 Å². The molecule has 0 aromatic carbocycles. The Bertz CT molecular complexity index is 184. The average Bonchev–Trinajstić information content (AvgIpc) is 2.42. The van der Waals surface area contributed by atoms with Gasteiger partial charge in [-0.25, -0.2) is 0 Å². The second kappa shape index (κ2) is 6.44. The molecule has 82 valence electrons. The number of alkyl halides is 1. The van der Waals surface area contributed by atoms with Crippen molar-refractivity contribution in [3.05, 3.63) is 12.2 Å². The fourth-order valence-electron chi connectivity index (χ4n) is 1.98. The molecule has 1 aliphatic heterocycles. The van der Waals surface area contributed by atoms with Crippen molar-refractivity contribution in [3.8, 4) is 0 Å². The van der Waals surface area contributed by atoms with E-state index < -0.39 is 0 Å². The van der Waals surface area contributed by atoms with Crippen LogP contribution in [0, 0.1) is 0 Å². The molecule has 14 heavy (non-hydrogen) atoms. The summed E-state index contributed by atoms with van der Waals surface area (Å²) in [5, 5.41) is 9.27. The van der Waals surface area contributed by atoms with Gasteiger partial charge >= 0.3 is 0 Å². The standard InChI is InChI=1S/C11H20ClNO/c1-10(7-12)8-13-6-4-2-3-5-11(13)9-14/h11,14H,1-9H2. The van der Waals surface area contributed by atoms with Gasteiger partial charge in [0.2, 0.25) is 0 Å². The van der Waals surface area contributed by atoms with E-state index in [-0.39, 0.29) is 6.61 Å². The third-order valence-corrected chi connectivity index (χ3v) is 3.20. The largest absolute Gasteiger partial charge is 0.395 e. The van der Waals surface area contributed by atoms with Crippen molar-refractivity contribution in [3.63, 3.8) is 0 Å². The van der Waals surface area contributed by atoms with Gasteiger partial charge in [-0.15, -0.1) is 11.6 Å². The molecule has 1 rings (SSSR count). The summed E-state index contributed by atoms with van der Waals surface area (Å²) in [7, 11) is 0. The zero-order chi connectivity index (χ0) is 10.4. The summed E-state index contributed by atoms with van der Waals surface area (Å²) in [5.41, 5.74) is 1.05. The second-order valence-corrected chi connectivity index (χ2v) is 4.31. The smallest absolute Gasteiger partial charge is 0.0586 e.